The van der Waals surface area contributed by atoms with E-state index in [-0.39, 0.29) is 5.60 Å². The van der Waals surface area contributed by atoms with Gasteiger partial charge in [0.2, 0.25) is 0 Å². The Balaban J connectivity index is 2.37. The summed E-state index contributed by atoms with van der Waals surface area (Å²) >= 11 is 0. The molecule has 0 amide bonds. The van der Waals surface area contributed by atoms with Crippen LogP contribution in [0.5, 0.6) is 0 Å². The van der Waals surface area contributed by atoms with Gasteiger partial charge in [-0.2, -0.15) is 0 Å². The van der Waals surface area contributed by atoms with Crippen LogP contribution in [0.2, 0.25) is 0 Å². The van der Waals surface area contributed by atoms with Crippen LogP contribution in [0.3, 0.4) is 0 Å². The highest BCUT2D eigenvalue weighted by atomic mass is 16.3. The normalized spacial score (nSPS) is 27.0. The van der Waals surface area contributed by atoms with Gasteiger partial charge in [0.25, 0.3) is 0 Å². The SMILES string of the molecule is CCC(C)(O)C1CCC1. The predicted molar refractivity (Wildman–Crippen MR) is 38.3 cm³/mol. The molecule has 0 aromatic rings. The molecular weight excluding hydrogens is 112 g/mol. The van der Waals surface area contributed by atoms with Crippen LogP contribution in [0.1, 0.15) is 39.5 Å². The van der Waals surface area contributed by atoms with Gasteiger partial charge in [-0.05, 0) is 32.1 Å². The molecule has 0 heterocycles. The molecule has 54 valence electrons. The zero-order chi connectivity index (χ0) is 6.91. The summed E-state index contributed by atoms with van der Waals surface area (Å²) in [7, 11) is 0. The molecule has 1 fully saturated rings. The second-order valence-electron chi connectivity index (χ2n) is 3.34. The fourth-order valence-corrected chi connectivity index (χ4v) is 1.32. The maximum absolute atomic E-state index is 9.64. The van der Waals surface area contributed by atoms with E-state index in [0.29, 0.717) is 5.92 Å². The minimum Gasteiger partial charge on any atom is -0.390 e. The third-order valence-electron chi connectivity index (χ3n) is 2.70. The summed E-state index contributed by atoms with van der Waals surface area (Å²) in [6.07, 6.45) is 4.69. The van der Waals surface area contributed by atoms with Crippen molar-refractivity contribution in [3.63, 3.8) is 0 Å². The van der Waals surface area contributed by atoms with Crippen molar-refractivity contribution in [1.29, 1.82) is 0 Å². The average Bonchev–Trinajstić information content (AvgIpc) is 1.60. The first-order valence-corrected chi connectivity index (χ1v) is 3.89. The fourth-order valence-electron chi connectivity index (χ4n) is 1.32. The van der Waals surface area contributed by atoms with Crippen LogP contribution in [0.15, 0.2) is 0 Å². The summed E-state index contributed by atoms with van der Waals surface area (Å²) < 4.78 is 0. The molecule has 1 aliphatic rings. The standard InChI is InChI=1S/C8H16O/c1-3-8(2,9)7-5-4-6-7/h7,9H,3-6H2,1-2H3. The molecule has 9 heavy (non-hydrogen) atoms. The van der Waals surface area contributed by atoms with Crippen molar-refractivity contribution >= 4 is 0 Å². The second kappa shape index (κ2) is 2.30. The van der Waals surface area contributed by atoms with Gasteiger partial charge >= 0.3 is 0 Å². The van der Waals surface area contributed by atoms with E-state index in [1.165, 1.54) is 19.3 Å². The number of rotatable bonds is 2. The molecule has 1 nitrogen and oxygen atoms in total. The number of hydrogen-bond donors (Lipinski definition) is 1. The molecule has 1 atom stereocenters. The first-order chi connectivity index (χ1) is 4.17. The molecule has 0 radical (unpaired) electrons. The Labute approximate surface area is 57.1 Å². The molecule has 0 spiro atoms. The van der Waals surface area contributed by atoms with E-state index in [1.807, 2.05) is 6.92 Å². The molecular formula is C8H16O. The predicted octanol–water partition coefficient (Wildman–Crippen LogP) is 1.95. The quantitative estimate of drug-likeness (QED) is 0.602. The van der Waals surface area contributed by atoms with Gasteiger partial charge < -0.3 is 5.11 Å². The summed E-state index contributed by atoms with van der Waals surface area (Å²) in [5, 5.41) is 9.64. The molecule has 0 aromatic carbocycles. The lowest BCUT2D eigenvalue weighted by atomic mass is 9.73. The summed E-state index contributed by atoms with van der Waals surface area (Å²) in [5.74, 6) is 0.600. The Morgan fingerprint density at radius 3 is 2.22 bits per heavy atom. The van der Waals surface area contributed by atoms with E-state index in [0.717, 1.165) is 6.42 Å². The fraction of sp³-hybridized carbons (Fsp3) is 1.00. The molecule has 1 saturated carbocycles. The molecule has 1 aliphatic carbocycles. The van der Waals surface area contributed by atoms with Crippen molar-refractivity contribution in [3.05, 3.63) is 0 Å². The zero-order valence-electron chi connectivity index (χ0n) is 6.35. The van der Waals surface area contributed by atoms with Crippen LogP contribution in [-0.4, -0.2) is 10.7 Å². The number of hydrogen-bond acceptors (Lipinski definition) is 1. The maximum Gasteiger partial charge on any atom is 0.0645 e. The summed E-state index contributed by atoms with van der Waals surface area (Å²) in [6.45, 7) is 4.01. The number of aliphatic hydroxyl groups is 1. The van der Waals surface area contributed by atoms with Crippen molar-refractivity contribution in [2.75, 3.05) is 0 Å². The van der Waals surface area contributed by atoms with Crippen molar-refractivity contribution in [2.45, 2.75) is 45.1 Å². The first-order valence-electron chi connectivity index (χ1n) is 3.89. The van der Waals surface area contributed by atoms with Crippen LogP contribution in [0, 0.1) is 5.92 Å². The van der Waals surface area contributed by atoms with Crippen molar-refractivity contribution in [3.8, 4) is 0 Å². The van der Waals surface area contributed by atoms with Gasteiger partial charge in [0.15, 0.2) is 0 Å². The molecule has 1 N–H and O–H groups in total. The second-order valence-corrected chi connectivity index (χ2v) is 3.34. The Hall–Kier alpha value is -0.0400. The van der Waals surface area contributed by atoms with Crippen molar-refractivity contribution < 1.29 is 5.11 Å². The van der Waals surface area contributed by atoms with E-state index < -0.39 is 0 Å². The first kappa shape index (κ1) is 7.07. The van der Waals surface area contributed by atoms with Crippen LogP contribution >= 0.6 is 0 Å². The molecule has 0 aliphatic heterocycles. The van der Waals surface area contributed by atoms with E-state index >= 15 is 0 Å². The monoisotopic (exact) mass is 128 g/mol. The molecule has 1 rings (SSSR count). The van der Waals surface area contributed by atoms with Crippen LogP contribution < -0.4 is 0 Å². The topological polar surface area (TPSA) is 20.2 Å². The van der Waals surface area contributed by atoms with Gasteiger partial charge in [0.1, 0.15) is 0 Å². The summed E-state index contributed by atoms with van der Waals surface area (Å²) in [6, 6.07) is 0. The maximum atomic E-state index is 9.64. The molecule has 1 unspecified atom stereocenters. The average molecular weight is 128 g/mol. The van der Waals surface area contributed by atoms with Gasteiger partial charge in [0, 0.05) is 0 Å². The lowest BCUT2D eigenvalue weighted by Gasteiger charge is -2.38. The third-order valence-corrected chi connectivity index (χ3v) is 2.70. The van der Waals surface area contributed by atoms with E-state index in [4.69, 9.17) is 0 Å². The van der Waals surface area contributed by atoms with Gasteiger partial charge in [-0.25, -0.2) is 0 Å². The molecule has 0 saturated heterocycles. The Kier molecular flexibility index (Phi) is 1.80. The van der Waals surface area contributed by atoms with Gasteiger partial charge in [-0.3, -0.25) is 0 Å². The van der Waals surface area contributed by atoms with Gasteiger partial charge in [0.05, 0.1) is 5.60 Å². The minimum atomic E-state index is -0.363. The zero-order valence-corrected chi connectivity index (χ0v) is 6.35. The largest absolute Gasteiger partial charge is 0.390 e. The highest BCUT2D eigenvalue weighted by Crippen LogP contribution is 2.37. The Morgan fingerprint density at radius 2 is 2.11 bits per heavy atom. The van der Waals surface area contributed by atoms with E-state index in [1.54, 1.807) is 0 Å². The van der Waals surface area contributed by atoms with Crippen molar-refractivity contribution in [1.82, 2.24) is 0 Å². The van der Waals surface area contributed by atoms with E-state index in [2.05, 4.69) is 6.92 Å². The molecule has 1 heteroatoms. The van der Waals surface area contributed by atoms with Crippen LogP contribution in [0.25, 0.3) is 0 Å². The molecule has 0 aromatic heterocycles. The van der Waals surface area contributed by atoms with Crippen molar-refractivity contribution in [2.24, 2.45) is 5.92 Å². The van der Waals surface area contributed by atoms with Crippen LogP contribution in [0.4, 0.5) is 0 Å². The van der Waals surface area contributed by atoms with Gasteiger partial charge in [-0.15, -0.1) is 0 Å². The van der Waals surface area contributed by atoms with E-state index in [9.17, 15) is 5.11 Å². The molecule has 0 bridgehead atoms. The minimum absolute atomic E-state index is 0.363. The lowest BCUT2D eigenvalue weighted by molar-refractivity contribution is -0.0372. The summed E-state index contributed by atoms with van der Waals surface area (Å²) in [4.78, 5) is 0. The highest BCUT2D eigenvalue weighted by Gasteiger charge is 2.33. The third kappa shape index (κ3) is 1.26. The van der Waals surface area contributed by atoms with Gasteiger partial charge in [-0.1, -0.05) is 13.3 Å². The smallest absolute Gasteiger partial charge is 0.0645 e. The Bertz CT molecular complexity index is 92.7. The lowest BCUT2D eigenvalue weighted by Crippen LogP contribution is -2.37. The Morgan fingerprint density at radius 1 is 1.56 bits per heavy atom. The summed E-state index contributed by atoms with van der Waals surface area (Å²) in [5.41, 5.74) is -0.363. The van der Waals surface area contributed by atoms with Crippen LogP contribution in [-0.2, 0) is 0 Å². The highest BCUT2D eigenvalue weighted by molar-refractivity contribution is 4.85.